The summed E-state index contributed by atoms with van der Waals surface area (Å²) in [6, 6.07) is 8.06. The van der Waals surface area contributed by atoms with Crippen LogP contribution in [0.2, 0.25) is 0 Å². The van der Waals surface area contributed by atoms with Gasteiger partial charge in [0.1, 0.15) is 0 Å². The van der Waals surface area contributed by atoms with Gasteiger partial charge in [0, 0.05) is 23.9 Å². The third-order valence-corrected chi connectivity index (χ3v) is 1.01. The predicted molar refractivity (Wildman–Crippen MR) is 56.7 cm³/mol. The van der Waals surface area contributed by atoms with Crippen LogP contribution in [0.4, 0.5) is 0 Å². The Morgan fingerprint density at radius 2 is 1.38 bits per heavy atom. The Balaban J connectivity index is -0.000000101. The van der Waals surface area contributed by atoms with Crippen LogP contribution in [0.25, 0.3) is 0 Å². The van der Waals surface area contributed by atoms with Crippen LogP contribution in [0, 0.1) is 0 Å². The van der Waals surface area contributed by atoms with E-state index >= 15 is 0 Å². The first-order chi connectivity index (χ1) is 4.30. The molecule has 0 amide bonds. The monoisotopic (exact) mass is 289 g/mol. The Kier molecular flexibility index (Phi) is 20.2. The Bertz CT molecular complexity index is 209. The summed E-state index contributed by atoms with van der Waals surface area (Å²) in [7, 11) is 0. The van der Waals surface area contributed by atoms with E-state index in [9.17, 15) is 9.90 Å². The van der Waals surface area contributed by atoms with E-state index in [4.69, 9.17) is 0 Å². The molecule has 3 heteroatoms. The van der Waals surface area contributed by atoms with Crippen molar-refractivity contribution in [1.29, 1.82) is 0 Å². The number of carboxylic acids is 1. The summed E-state index contributed by atoms with van der Waals surface area (Å²) in [5, 5.41) is 10.1. The van der Waals surface area contributed by atoms with Crippen molar-refractivity contribution in [3.63, 3.8) is 0 Å². The van der Waals surface area contributed by atoms with Crippen molar-refractivity contribution in [3.05, 3.63) is 35.9 Å². The molecule has 4 radical (unpaired) electrons. The van der Waals surface area contributed by atoms with Gasteiger partial charge in [0.15, 0.2) is 0 Å². The second kappa shape index (κ2) is 11.5. The van der Waals surface area contributed by atoms with Crippen LogP contribution in [0.1, 0.15) is 32.6 Å². The van der Waals surface area contributed by atoms with E-state index < -0.39 is 5.97 Å². The number of hydrogen-bond acceptors (Lipinski definition) is 2. The van der Waals surface area contributed by atoms with Crippen molar-refractivity contribution in [3.8, 4) is 0 Å². The zero-order chi connectivity index (χ0) is 6.69. The fraction of sp³-hybridized carbons (Fsp3) is 0.300. The molecular weight excluding hydrogens is 271 g/mol. The van der Waals surface area contributed by atoms with Crippen molar-refractivity contribution in [2.24, 2.45) is 0 Å². The van der Waals surface area contributed by atoms with Crippen molar-refractivity contribution >= 4 is 29.9 Å². The van der Waals surface area contributed by atoms with Crippen LogP contribution in [0.5, 0.6) is 0 Å². The molecule has 74 valence electrons. The molecule has 0 N–H and O–H groups in total. The number of carbonyl (C=O) groups excluding carboxylic acids is 1. The van der Waals surface area contributed by atoms with Gasteiger partial charge in [-0.2, -0.15) is 0 Å². The summed E-state index contributed by atoms with van der Waals surface area (Å²) >= 11 is 0. The van der Waals surface area contributed by atoms with Crippen molar-refractivity contribution < 1.29 is 9.90 Å². The average molecular weight is 288 g/mol. The summed E-state index contributed by atoms with van der Waals surface area (Å²) in [6.45, 7) is 0. The number of carboxylic acid groups (broad SMARTS) is 1. The van der Waals surface area contributed by atoms with Gasteiger partial charge in [-0.1, -0.05) is 52.6 Å². The van der Waals surface area contributed by atoms with Gasteiger partial charge < -0.3 is 9.90 Å². The van der Waals surface area contributed by atoms with Gasteiger partial charge in [0.25, 0.3) is 0 Å². The van der Waals surface area contributed by atoms with E-state index in [1.165, 1.54) is 12.1 Å². The van der Waals surface area contributed by atoms with Gasteiger partial charge in [0.2, 0.25) is 0 Å². The smallest absolute Gasteiger partial charge is 0.0715 e. The quantitative estimate of drug-likeness (QED) is 0.736. The standard InChI is InChI=1S/C7H6O2.3CH4.Sn/c8-7(9)6-4-2-1-3-5-6;;;;/h1-5H,(H,8,9);3*1H4;/p-1. The number of aromatic carboxylic acids is 1. The van der Waals surface area contributed by atoms with Crippen molar-refractivity contribution in [2.45, 2.75) is 22.3 Å². The van der Waals surface area contributed by atoms with Crippen LogP contribution in [0.15, 0.2) is 30.3 Å². The maximum absolute atomic E-state index is 10.1. The van der Waals surface area contributed by atoms with Gasteiger partial charge in [0.05, 0.1) is 5.97 Å². The molecule has 0 aliphatic rings. The van der Waals surface area contributed by atoms with Gasteiger partial charge in [-0.05, 0) is 5.56 Å². The number of benzene rings is 1. The minimum absolute atomic E-state index is 0. The predicted octanol–water partition coefficient (Wildman–Crippen LogP) is 1.58. The van der Waals surface area contributed by atoms with E-state index in [2.05, 4.69) is 0 Å². The van der Waals surface area contributed by atoms with Crippen LogP contribution in [-0.4, -0.2) is 29.9 Å². The molecular formula is C10H17O2Sn-. The molecule has 0 fully saturated rings. The topological polar surface area (TPSA) is 40.1 Å². The summed E-state index contributed by atoms with van der Waals surface area (Å²) in [5.74, 6) is -1.13. The Labute approximate surface area is 97.9 Å². The Morgan fingerprint density at radius 1 is 1.00 bits per heavy atom. The summed E-state index contributed by atoms with van der Waals surface area (Å²) in [4.78, 5) is 10.1. The molecule has 0 unspecified atom stereocenters. The fourth-order valence-electron chi connectivity index (χ4n) is 0.574. The average Bonchev–Trinajstić information content (AvgIpc) is 1.90. The van der Waals surface area contributed by atoms with Gasteiger partial charge in [-0.25, -0.2) is 0 Å². The molecule has 0 bridgehead atoms. The first-order valence-corrected chi connectivity index (χ1v) is 2.57. The zero-order valence-corrected chi connectivity index (χ0v) is 8.06. The number of rotatable bonds is 1. The number of hydrogen-bond donors (Lipinski definition) is 0. The normalized spacial score (nSPS) is 6.15. The van der Waals surface area contributed by atoms with E-state index in [-0.39, 0.29) is 51.8 Å². The molecule has 0 heterocycles. The third-order valence-electron chi connectivity index (χ3n) is 1.01. The molecule has 0 spiro atoms. The number of carbonyl (C=O) groups is 1. The summed E-state index contributed by atoms with van der Waals surface area (Å²) in [5.41, 5.74) is 0.220. The van der Waals surface area contributed by atoms with Crippen molar-refractivity contribution in [1.82, 2.24) is 0 Å². The molecule has 2 nitrogen and oxygen atoms in total. The van der Waals surface area contributed by atoms with E-state index in [1.807, 2.05) is 0 Å². The second-order valence-electron chi connectivity index (χ2n) is 1.65. The first-order valence-electron chi connectivity index (χ1n) is 2.57. The molecule has 0 atom stereocenters. The molecule has 1 rings (SSSR count). The molecule has 0 aliphatic heterocycles. The largest absolute Gasteiger partial charge is 0.545 e. The van der Waals surface area contributed by atoms with Crippen LogP contribution >= 0.6 is 0 Å². The molecule has 0 aromatic heterocycles. The Hall–Kier alpha value is -0.511. The molecule has 1 aromatic rings. The SMILES string of the molecule is C.C.C.O=C([O-])c1ccccc1.[Sn]. The van der Waals surface area contributed by atoms with Crippen LogP contribution < -0.4 is 5.11 Å². The molecule has 0 saturated heterocycles. The minimum atomic E-state index is -1.13. The van der Waals surface area contributed by atoms with Crippen LogP contribution in [0.3, 0.4) is 0 Å². The molecule has 0 saturated carbocycles. The van der Waals surface area contributed by atoms with E-state index in [1.54, 1.807) is 18.2 Å². The van der Waals surface area contributed by atoms with Gasteiger partial charge in [-0.15, -0.1) is 0 Å². The van der Waals surface area contributed by atoms with Crippen molar-refractivity contribution in [2.75, 3.05) is 0 Å². The zero-order valence-electron chi connectivity index (χ0n) is 5.20. The maximum atomic E-state index is 10.1. The van der Waals surface area contributed by atoms with E-state index in [0.717, 1.165) is 0 Å². The maximum Gasteiger partial charge on any atom is 0.0715 e. The second-order valence-corrected chi connectivity index (χ2v) is 1.65. The molecule has 0 aliphatic carbocycles. The van der Waals surface area contributed by atoms with Gasteiger partial charge >= 0.3 is 0 Å². The van der Waals surface area contributed by atoms with E-state index in [0.29, 0.717) is 0 Å². The van der Waals surface area contributed by atoms with Gasteiger partial charge in [-0.3, -0.25) is 0 Å². The molecule has 1 aromatic carbocycles. The molecule has 13 heavy (non-hydrogen) atoms. The van der Waals surface area contributed by atoms with Crippen LogP contribution in [-0.2, 0) is 0 Å². The first kappa shape index (κ1) is 22.9. The fourth-order valence-corrected chi connectivity index (χ4v) is 0.574. The summed E-state index contributed by atoms with van der Waals surface area (Å²) in [6.07, 6.45) is 0. The Morgan fingerprint density at radius 3 is 1.62 bits per heavy atom. The third kappa shape index (κ3) is 7.84. The summed E-state index contributed by atoms with van der Waals surface area (Å²) < 4.78 is 0. The minimum Gasteiger partial charge on any atom is -0.545 e.